The quantitative estimate of drug-likeness (QED) is 0.743. The molecule has 1 aromatic rings. The van der Waals surface area contributed by atoms with E-state index in [1.54, 1.807) is 0 Å². The summed E-state index contributed by atoms with van der Waals surface area (Å²) in [6.45, 7) is 6.94. The van der Waals surface area contributed by atoms with Gasteiger partial charge in [-0.25, -0.2) is 0 Å². The van der Waals surface area contributed by atoms with E-state index in [1.165, 1.54) is 31.2 Å². The van der Waals surface area contributed by atoms with Gasteiger partial charge in [0, 0.05) is 12.1 Å². The Balaban J connectivity index is 2.04. The van der Waals surface area contributed by atoms with Crippen molar-refractivity contribution in [1.29, 1.82) is 0 Å². The van der Waals surface area contributed by atoms with Gasteiger partial charge in [0.25, 0.3) is 0 Å². The first-order valence-electron chi connectivity index (χ1n) is 7.51. The van der Waals surface area contributed by atoms with E-state index in [2.05, 4.69) is 56.4 Å². The molecule has 0 radical (unpaired) electrons. The molecule has 2 unspecified atom stereocenters. The van der Waals surface area contributed by atoms with Gasteiger partial charge in [0.05, 0.1) is 0 Å². The number of nitrogens with one attached hydrogen (secondary N) is 1. The summed E-state index contributed by atoms with van der Waals surface area (Å²) in [5.74, 6) is 1.67. The predicted octanol–water partition coefficient (Wildman–Crippen LogP) is 4.55. The average molecular weight is 245 g/mol. The molecular weight excluding hydrogens is 218 g/mol. The zero-order valence-electron chi connectivity index (χ0n) is 12.0. The Morgan fingerprint density at radius 1 is 1.17 bits per heavy atom. The predicted molar refractivity (Wildman–Crippen MR) is 78.6 cm³/mol. The summed E-state index contributed by atoms with van der Waals surface area (Å²) in [6.07, 6.45) is 5.34. The fraction of sp³-hybridized carbons (Fsp3) is 0.647. The molecule has 100 valence electrons. The lowest BCUT2D eigenvalue weighted by atomic mass is 9.95. The van der Waals surface area contributed by atoms with Crippen molar-refractivity contribution < 1.29 is 0 Å². The Labute approximate surface area is 112 Å². The summed E-state index contributed by atoms with van der Waals surface area (Å²) in [5, 5.41) is 3.91. The van der Waals surface area contributed by atoms with Crippen molar-refractivity contribution in [1.82, 2.24) is 5.32 Å². The maximum Gasteiger partial charge on any atom is 0.0325 e. The Bertz CT molecular complexity index is 340. The Morgan fingerprint density at radius 2 is 1.83 bits per heavy atom. The molecule has 1 nitrogen and oxygen atoms in total. The first-order chi connectivity index (χ1) is 8.70. The van der Waals surface area contributed by atoms with Gasteiger partial charge in [0.15, 0.2) is 0 Å². The first-order valence-corrected chi connectivity index (χ1v) is 7.51. The summed E-state index contributed by atoms with van der Waals surface area (Å²) in [7, 11) is 0. The molecule has 1 heteroatoms. The molecule has 1 aliphatic rings. The van der Waals surface area contributed by atoms with E-state index in [0.29, 0.717) is 12.1 Å². The van der Waals surface area contributed by atoms with E-state index in [0.717, 1.165) is 11.8 Å². The number of hydrogen-bond acceptors (Lipinski definition) is 1. The third kappa shape index (κ3) is 3.84. The lowest BCUT2D eigenvalue weighted by Crippen LogP contribution is -2.34. The van der Waals surface area contributed by atoms with Gasteiger partial charge >= 0.3 is 0 Å². The molecule has 1 N–H and O–H groups in total. The van der Waals surface area contributed by atoms with Crippen LogP contribution in [0, 0.1) is 11.8 Å². The zero-order chi connectivity index (χ0) is 13.0. The molecule has 1 aromatic carbocycles. The van der Waals surface area contributed by atoms with Crippen LogP contribution < -0.4 is 5.32 Å². The van der Waals surface area contributed by atoms with Gasteiger partial charge in [-0.05, 0) is 43.1 Å². The van der Waals surface area contributed by atoms with Gasteiger partial charge in [-0.15, -0.1) is 0 Å². The Kier molecular flexibility index (Phi) is 4.82. The second-order valence-electron chi connectivity index (χ2n) is 6.11. The summed E-state index contributed by atoms with van der Waals surface area (Å²) >= 11 is 0. The molecule has 1 fully saturated rings. The van der Waals surface area contributed by atoms with Crippen molar-refractivity contribution in [3.63, 3.8) is 0 Å². The molecular formula is C17H27N. The molecule has 0 spiro atoms. The van der Waals surface area contributed by atoms with Crippen molar-refractivity contribution in [2.75, 3.05) is 0 Å². The third-order valence-corrected chi connectivity index (χ3v) is 3.96. The van der Waals surface area contributed by atoms with Gasteiger partial charge in [-0.2, -0.15) is 0 Å². The molecule has 0 aromatic heterocycles. The van der Waals surface area contributed by atoms with E-state index in [1.807, 2.05) is 0 Å². The minimum absolute atomic E-state index is 0.525. The second kappa shape index (κ2) is 6.38. The van der Waals surface area contributed by atoms with Gasteiger partial charge < -0.3 is 5.32 Å². The second-order valence-corrected chi connectivity index (χ2v) is 6.11. The molecule has 2 rings (SSSR count). The van der Waals surface area contributed by atoms with Crippen molar-refractivity contribution in [2.45, 2.75) is 58.5 Å². The van der Waals surface area contributed by atoms with Gasteiger partial charge in [-0.3, -0.25) is 0 Å². The summed E-state index contributed by atoms with van der Waals surface area (Å²) in [5.41, 5.74) is 1.45. The molecule has 0 bridgehead atoms. The largest absolute Gasteiger partial charge is 0.307 e. The van der Waals surface area contributed by atoms with Crippen molar-refractivity contribution in [3.05, 3.63) is 35.9 Å². The molecule has 18 heavy (non-hydrogen) atoms. The van der Waals surface area contributed by atoms with Crippen LogP contribution >= 0.6 is 0 Å². The SMILES string of the molecule is CCC(NC(CC(C)C)c1ccccc1)C1CC1. The number of rotatable bonds is 7. The third-order valence-electron chi connectivity index (χ3n) is 3.96. The molecule has 0 aliphatic heterocycles. The Morgan fingerprint density at radius 3 is 2.33 bits per heavy atom. The highest BCUT2D eigenvalue weighted by Gasteiger charge is 2.31. The summed E-state index contributed by atoms with van der Waals surface area (Å²) in [4.78, 5) is 0. The molecule has 0 saturated heterocycles. The van der Waals surface area contributed by atoms with Crippen LogP contribution in [0.5, 0.6) is 0 Å². The monoisotopic (exact) mass is 245 g/mol. The van der Waals surface area contributed by atoms with Crippen LogP contribution in [-0.4, -0.2) is 6.04 Å². The van der Waals surface area contributed by atoms with Crippen LogP contribution in [-0.2, 0) is 0 Å². The van der Waals surface area contributed by atoms with E-state index < -0.39 is 0 Å². The minimum atomic E-state index is 0.525. The highest BCUT2D eigenvalue weighted by molar-refractivity contribution is 5.19. The van der Waals surface area contributed by atoms with Crippen LogP contribution in [0.3, 0.4) is 0 Å². The lowest BCUT2D eigenvalue weighted by Gasteiger charge is -2.27. The first kappa shape index (κ1) is 13.6. The van der Waals surface area contributed by atoms with Crippen LogP contribution in [0.2, 0.25) is 0 Å². The minimum Gasteiger partial charge on any atom is -0.307 e. The fourth-order valence-electron chi connectivity index (χ4n) is 2.80. The van der Waals surface area contributed by atoms with Crippen molar-refractivity contribution >= 4 is 0 Å². The number of hydrogen-bond donors (Lipinski definition) is 1. The van der Waals surface area contributed by atoms with Crippen molar-refractivity contribution in [3.8, 4) is 0 Å². The molecule has 1 saturated carbocycles. The van der Waals surface area contributed by atoms with Gasteiger partial charge in [-0.1, -0.05) is 51.1 Å². The number of benzene rings is 1. The highest BCUT2D eigenvalue weighted by Crippen LogP contribution is 2.35. The van der Waals surface area contributed by atoms with Gasteiger partial charge in [0.2, 0.25) is 0 Å². The van der Waals surface area contributed by atoms with E-state index in [9.17, 15) is 0 Å². The lowest BCUT2D eigenvalue weighted by molar-refractivity contribution is 0.348. The summed E-state index contributed by atoms with van der Waals surface area (Å²) < 4.78 is 0. The van der Waals surface area contributed by atoms with E-state index in [4.69, 9.17) is 0 Å². The topological polar surface area (TPSA) is 12.0 Å². The Hall–Kier alpha value is -0.820. The van der Waals surface area contributed by atoms with Crippen molar-refractivity contribution in [2.24, 2.45) is 11.8 Å². The molecule has 0 heterocycles. The normalized spacial score (nSPS) is 18.9. The van der Waals surface area contributed by atoms with Crippen LogP contribution in [0.4, 0.5) is 0 Å². The highest BCUT2D eigenvalue weighted by atomic mass is 15.0. The molecule has 0 amide bonds. The zero-order valence-corrected chi connectivity index (χ0v) is 12.0. The van der Waals surface area contributed by atoms with Crippen LogP contribution in [0.25, 0.3) is 0 Å². The van der Waals surface area contributed by atoms with E-state index >= 15 is 0 Å². The molecule has 2 atom stereocenters. The fourth-order valence-corrected chi connectivity index (χ4v) is 2.80. The van der Waals surface area contributed by atoms with Crippen LogP contribution in [0.1, 0.15) is 58.1 Å². The maximum absolute atomic E-state index is 3.91. The van der Waals surface area contributed by atoms with Gasteiger partial charge in [0.1, 0.15) is 0 Å². The maximum atomic E-state index is 3.91. The average Bonchev–Trinajstić information content (AvgIpc) is 3.19. The summed E-state index contributed by atoms with van der Waals surface area (Å²) in [6, 6.07) is 12.2. The smallest absolute Gasteiger partial charge is 0.0325 e. The standard InChI is InChI=1S/C17H27N/c1-4-16(15-10-11-15)18-17(12-13(2)3)14-8-6-5-7-9-14/h5-9,13,15-18H,4,10-12H2,1-3H3. The molecule has 1 aliphatic carbocycles. The van der Waals surface area contributed by atoms with Crippen LogP contribution in [0.15, 0.2) is 30.3 Å². The van der Waals surface area contributed by atoms with E-state index in [-0.39, 0.29) is 0 Å².